The summed E-state index contributed by atoms with van der Waals surface area (Å²) < 4.78 is 5.64. The highest BCUT2D eigenvalue weighted by molar-refractivity contribution is 5.86. The zero-order valence-electron chi connectivity index (χ0n) is 20.3. The van der Waals surface area contributed by atoms with Gasteiger partial charge in [-0.3, -0.25) is 9.59 Å². The minimum atomic E-state index is -0.952. The highest BCUT2D eigenvalue weighted by atomic mass is 16.5. The lowest BCUT2D eigenvalue weighted by Gasteiger charge is -2.29. The fourth-order valence-electron chi connectivity index (χ4n) is 4.69. The summed E-state index contributed by atoms with van der Waals surface area (Å²) in [6.07, 6.45) is 1.29. The normalized spacial score (nSPS) is 15.3. The Morgan fingerprint density at radius 2 is 1.63 bits per heavy atom. The molecule has 8 heteroatoms. The summed E-state index contributed by atoms with van der Waals surface area (Å²) in [5.41, 5.74) is 4.53. The molecular weight excluding hydrogens is 446 g/mol. The van der Waals surface area contributed by atoms with Crippen molar-refractivity contribution in [3.05, 3.63) is 59.7 Å². The number of carboxylic acids is 1. The Balaban J connectivity index is 1.42. The largest absolute Gasteiger partial charge is 0.481 e. The van der Waals surface area contributed by atoms with Gasteiger partial charge in [-0.1, -0.05) is 48.5 Å². The van der Waals surface area contributed by atoms with Crippen LogP contribution < -0.4 is 5.32 Å². The summed E-state index contributed by atoms with van der Waals surface area (Å²) in [6, 6.07) is 15.4. The average molecular weight is 480 g/mol. The average Bonchev–Trinajstić information content (AvgIpc) is 3.60. The van der Waals surface area contributed by atoms with E-state index in [1.54, 1.807) is 4.90 Å². The monoisotopic (exact) mass is 479 g/mol. The van der Waals surface area contributed by atoms with Crippen LogP contribution >= 0.6 is 0 Å². The maximum absolute atomic E-state index is 13.3. The maximum Gasteiger partial charge on any atom is 0.407 e. The molecule has 2 aliphatic rings. The van der Waals surface area contributed by atoms with Crippen LogP contribution in [0.5, 0.6) is 0 Å². The molecule has 2 aromatic carbocycles. The summed E-state index contributed by atoms with van der Waals surface area (Å²) in [7, 11) is 3.64. The topological polar surface area (TPSA) is 99.2 Å². The van der Waals surface area contributed by atoms with Crippen molar-refractivity contribution < 1.29 is 24.2 Å². The Morgan fingerprint density at radius 1 is 1.03 bits per heavy atom. The Hall–Kier alpha value is -3.39. The molecule has 2 aromatic rings. The smallest absolute Gasteiger partial charge is 0.407 e. The zero-order valence-corrected chi connectivity index (χ0v) is 20.3. The number of likely N-dealkylation sites (N-methyl/N-ethyl adjacent to an activating group) is 1. The molecule has 0 radical (unpaired) electrons. The van der Waals surface area contributed by atoms with Crippen molar-refractivity contribution in [3.63, 3.8) is 0 Å². The summed E-state index contributed by atoms with van der Waals surface area (Å²) in [5, 5.41) is 11.8. The Kier molecular flexibility index (Phi) is 7.70. The van der Waals surface area contributed by atoms with Crippen molar-refractivity contribution in [3.8, 4) is 11.1 Å². The quantitative estimate of drug-likeness (QED) is 0.514. The van der Waals surface area contributed by atoms with E-state index in [9.17, 15) is 14.4 Å². The number of nitrogens with one attached hydrogen (secondary N) is 1. The lowest BCUT2D eigenvalue weighted by atomic mass is 9.98. The Morgan fingerprint density at radius 3 is 2.17 bits per heavy atom. The third-order valence-corrected chi connectivity index (χ3v) is 6.56. The number of amides is 2. The van der Waals surface area contributed by atoms with Gasteiger partial charge in [-0.05, 0) is 55.1 Å². The summed E-state index contributed by atoms with van der Waals surface area (Å²) in [5.74, 6) is -0.895. The van der Waals surface area contributed by atoms with E-state index >= 15 is 0 Å². The first-order valence-corrected chi connectivity index (χ1v) is 12.1. The van der Waals surface area contributed by atoms with Crippen LogP contribution in [0.1, 0.15) is 36.3 Å². The summed E-state index contributed by atoms with van der Waals surface area (Å²) in [4.78, 5) is 40.6. The number of alkyl carbamates (subject to hydrolysis) is 1. The van der Waals surface area contributed by atoms with Crippen LogP contribution in [0.4, 0.5) is 4.79 Å². The second-order valence-electron chi connectivity index (χ2n) is 9.66. The second-order valence-corrected chi connectivity index (χ2v) is 9.66. The van der Waals surface area contributed by atoms with Gasteiger partial charge in [0.15, 0.2) is 0 Å². The van der Waals surface area contributed by atoms with Crippen LogP contribution in [-0.4, -0.2) is 79.3 Å². The molecule has 0 heterocycles. The minimum absolute atomic E-state index is 0.0712. The molecule has 1 fully saturated rings. The number of carboxylic acid groups (broad SMARTS) is 1. The molecule has 1 atom stereocenters. The van der Waals surface area contributed by atoms with E-state index in [0.717, 1.165) is 35.1 Å². The molecule has 2 N–H and O–H groups in total. The van der Waals surface area contributed by atoms with Crippen molar-refractivity contribution in [2.75, 3.05) is 40.3 Å². The standard InChI is InChI=1S/C27H33N3O5/c1-29(2)16-24(26(33)30(14-13-25(31)32)15-18-11-12-18)28-27(34)35-17-23-21-9-5-3-7-19(21)20-8-4-6-10-22(20)23/h3-10,18,23-24H,11-17H2,1-2H3,(H,28,34)(H,31,32). The van der Waals surface area contributed by atoms with Gasteiger partial charge in [-0.15, -0.1) is 0 Å². The van der Waals surface area contributed by atoms with Crippen LogP contribution in [-0.2, 0) is 14.3 Å². The lowest BCUT2D eigenvalue weighted by Crippen LogP contribution is -2.53. The Bertz CT molecular complexity index is 1040. The third kappa shape index (κ3) is 6.19. The molecule has 2 amide bonds. The fraction of sp³-hybridized carbons (Fsp3) is 0.444. The van der Waals surface area contributed by atoms with E-state index in [1.165, 1.54) is 0 Å². The molecule has 0 aliphatic heterocycles. The van der Waals surface area contributed by atoms with E-state index < -0.39 is 18.1 Å². The summed E-state index contributed by atoms with van der Waals surface area (Å²) >= 11 is 0. The van der Waals surface area contributed by atoms with Crippen molar-refractivity contribution >= 4 is 18.0 Å². The molecule has 4 rings (SSSR count). The van der Waals surface area contributed by atoms with Crippen LogP contribution in [0, 0.1) is 5.92 Å². The van der Waals surface area contributed by atoms with Gasteiger partial charge < -0.3 is 25.0 Å². The van der Waals surface area contributed by atoms with Crippen molar-refractivity contribution in [1.82, 2.24) is 15.1 Å². The van der Waals surface area contributed by atoms with Gasteiger partial charge in [0, 0.05) is 25.6 Å². The molecular formula is C27H33N3O5. The number of ether oxygens (including phenoxy) is 1. The van der Waals surface area contributed by atoms with E-state index in [-0.39, 0.29) is 37.9 Å². The second kappa shape index (κ2) is 10.9. The first-order chi connectivity index (χ1) is 16.8. The van der Waals surface area contributed by atoms with Crippen molar-refractivity contribution in [2.24, 2.45) is 5.92 Å². The van der Waals surface area contributed by atoms with Crippen LogP contribution in [0.15, 0.2) is 48.5 Å². The van der Waals surface area contributed by atoms with E-state index in [0.29, 0.717) is 12.5 Å². The molecule has 0 aromatic heterocycles. The first kappa shape index (κ1) is 24.7. The molecule has 1 unspecified atom stereocenters. The molecule has 35 heavy (non-hydrogen) atoms. The van der Waals surface area contributed by atoms with Gasteiger partial charge in [0.2, 0.25) is 5.91 Å². The molecule has 0 saturated heterocycles. The minimum Gasteiger partial charge on any atom is -0.481 e. The zero-order chi connectivity index (χ0) is 24.9. The molecule has 8 nitrogen and oxygen atoms in total. The van der Waals surface area contributed by atoms with E-state index in [4.69, 9.17) is 9.84 Å². The number of carbonyl (C=O) groups excluding carboxylic acids is 2. The molecule has 2 aliphatic carbocycles. The lowest BCUT2D eigenvalue weighted by molar-refractivity contribution is -0.139. The van der Waals surface area contributed by atoms with Crippen LogP contribution in [0.2, 0.25) is 0 Å². The SMILES string of the molecule is CN(C)CC(NC(=O)OCC1c2ccccc2-c2ccccc21)C(=O)N(CCC(=O)O)CC1CC1. The Labute approximate surface area is 205 Å². The van der Waals surface area contributed by atoms with Gasteiger partial charge in [-0.25, -0.2) is 4.79 Å². The maximum atomic E-state index is 13.3. The highest BCUT2D eigenvalue weighted by Gasteiger charge is 2.33. The number of hydrogen-bond acceptors (Lipinski definition) is 5. The predicted molar refractivity (Wildman–Crippen MR) is 132 cm³/mol. The molecule has 1 saturated carbocycles. The number of benzene rings is 2. The fourth-order valence-corrected chi connectivity index (χ4v) is 4.69. The van der Waals surface area contributed by atoms with Gasteiger partial charge in [0.1, 0.15) is 12.6 Å². The predicted octanol–water partition coefficient (Wildman–Crippen LogP) is 3.17. The number of hydrogen-bond donors (Lipinski definition) is 2. The van der Waals surface area contributed by atoms with Crippen molar-refractivity contribution in [1.29, 1.82) is 0 Å². The van der Waals surface area contributed by atoms with Crippen molar-refractivity contribution in [2.45, 2.75) is 31.2 Å². The first-order valence-electron chi connectivity index (χ1n) is 12.1. The number of fused-ring (bicyclic) bond motifs is 3. The highest BCUT2D eigenvalue weighted by Crippen LogP contribution is 2.44. The number of rotatable bonds is 11. The molecule has 0 spiro atoms. The number of carbonyl (C=O) groups is 3. The molecule has 0 bridgehead atoms. The van der Waals surface area contributed by atoms with Crippen LogP contribution in [0.3, 0.4) is 0 Å². The summed E-state index contributed by atoms with van der Waals surface area (Å²) in [6.45, 7) is 1.09. The van der Waals surface area contributed by atoms with E-state index in [2.05, 4.69) is 29.6 Å². The van der Waals surface area contributed by atoms with Crippen LogP contribution in [0.25, 0.3) is 11.1 Å². The van der Waals surface area contributed by atoms with Gasteiger partial charge >= 0.3 is 12.1 Å². The third-order valence-electron chi connectivity index (χ3n) is 6.56. The number of aliphatic carboxylic acids is 1. The van der Waals surface area contributed by atoms with Gasteiger partial charge in [0.25, 0.3) is 0 Å². The van der Waals surface area contributed by atoms with E-state index in [1.807, 2.05) is 43.3 Å². The van der Waals surface area contributed by atoms with Gasteiger partial charge in [0.05, 0.1) is 6.42 Å². The van der Waals surface area contributed by atoms with Gasteiger partial charge in [-0.2, -0.15) is 0 Å². The number of nitrogens with zero attached hydrogens (tertiary/aromatic N) is 2. The molecule has 186 valence electrons.